The van der Waals surface area contributed by atoms with Crippen LogP contribution in [0.25, 0.3) is 0 Å². The molecule has 20 heavy (non-hydrogen) atoms. The van der Waals surface area contributed by atoms with Crippen LogP contribution in [0.4, 0.5) is 0 Å². The molecule has 1 aromatic rings. The SMILES string of the molecule is [2H]c1c([2H])c(C(CN(C)C)C2(O)CCCCC2)c([2H])c([2H])c1OC. The molecular formula is C17H27NO2. The first-order valence-electron chi connectivity index (χ1n) is 9.24. The molecule has 0 spiro atoms. The van der Waals surface area contributed by atoms with Crippen LogP contribution in [-0.4, -0.2) is 43.4 Å². The fourth-order valence-corrected chi connectivity index (χ4v) is 2.99. The lowest BCUT2D eigenvalue weighted by Crippen LogP contribution is -2.42. The van der Waals surface area contributed by atoms with Crippen LogP contribution in [0.5, 0.6) is 5.75 Å². The summed E-state index contributed by atoms with van der Waals surface area (Å²) in [5.41, 5.74) is -0.703. The Labute approximate surface area is 128 Å². The number of hydrogen-bond acceptors (Lipinski definition) is 3. The van der Waals surface area contributed by atoms with Gasteiger partial charge in [0.2, 0.25) is 0 Å². The highest BCUT2D eigenvalue weighted by Gasteiger charge is 2.38. The van der Waals surface area contributed by atoms with Gasteiger partial charge in [-0.15, -0.1) is 0 Å². The molecule has 0 bridgehead atoms. The first-order chi connectivity index (χ1) is 11.2. The van der Waals surface area contributed by atoms with Crippen molar-refractivity contribution in [3.05, 3.63) is 29.7 Å². The Morgan fingerprint density at radius 3 is 2.35 bits per heavy atom. The Balaban J connectivity index is 2.62. The standard InChI is InChI=1S/C17H27NO2/c1-18(2)13-16(17(19)11-5-4-6-12-17)14-7-9-15(20-3)10-8-14/h7-10,16,19H,4-6,11-13H2,1-3H3/i7D,8D,9D,10D. The summed E-state index contributed by atoms with van der Waals surface area (Å²) < 4.78 is 38.0. The van der Waals surface area contributed by atoms with Gasteiger partial charge < -0.3 is 14.7 Å². The number of likely N-dealkylation sites (N-methyl/N-ethyl adjacent to an activating group) is 1. The van der Waals surface area contributed by atoms with Crippen LogP contribution in [0.1, 0.15) is 49.1 Å². The number of nitrogens with zero attached hydrogens (tertiary/aromatic N) is 1. The molecule has 1 saturated carbocycles. The van der Waals surface area contributed by atoms with E-state index < -0.39 is 11.5 Å². The Bertz CT molecular complexity index is 572. The van der Waals surface area contributed by atoms with Gasteiger partial charge in [-0.05, 0) is 44.6 Å². The average Bonchev–Trinajstić information content (AvgIpc) is 2.53. The van der Waals surface area contributed by atoms with E-state index in [4.69, 9.17) is 10.2 Å². The Kier molecular flexibility index (Phi) is 3.51. The molecule has 1 aliphatic rings. The van der Waals surface area contributed by atoms with E-state index in [9.17, 15) is 5.11 Å². The zero-order valence-electron chi connectivity index (χ0n) is 16.6. The molecule has 0 aromatic heterocycles. The summed E-state index contributed by atoms with van der Waals surface area (Å²) >= 11 is 0. The van der Waals surface area contributed by atoms with Crippen LogP contribution in [0.3, 0.4) is 0 Å². The van der Waals surface area contributed by atoms with E-state index in [-0.39, 0.29) is 29.9 Å². The Morgan fingerprint density at radius 1 is 1.25 bits per heavy atom. The number of benzene rings is 1. The lowest BCUT2D eigenvalue weighted by Gasteiger charge is -2.40. The van der Waals surface area contributed by atoms with Crippen molar-refractivity contribution in [3.8, 4) is 5.75 Å². The highest BCUT2D eigenvalue weighted by Crippen LogP contribution is 2.40. The number of hydrogen-bond donors (Lipinski definition) is 1. The normalized spacial score (nSPS) is 22.6. The van der Waals surface area contributed by atoms with Gasteiger partial charge in [-0.25, -0.2) is 0 Å². The smallest absolute Gasteiger partial charge is 0.118 e. The number of rotatable bonds is 5. The minimum Gasteiger partial charge on any atom is -0.497 e. The van der Waals surface area contributed by atoms with E-state index in [1.54, 1.807) is 0 Å². The van der Waals surface area contributed by atoms with E-state index in [0.717, 1.165) is 19.3 Å². The molecule has 1 unspecified atom stereocenters. The quantitative estimate of drug-likeness (QED) is 0.900. The van der Waals surface area contributed by atoms with E-state index in [1.807, 2.05) is 19.0 Å². The van der Waals surface area contributed by atoms with Crippen molar-refractivity contribution in [2.45, 2.75) is 43.6 Å². The largest absolute Gasteiger partial charge is 0.497 e. The van der Waals surface area contributed by atoms with Crippen LogP contribution in [0.15, 0.2) is 24.2 Å². The molecule has 2 rings (SSSR count). The van der Waals surface area contributed by atoms with Crippen LogP contribution in [-0.2, 0) is 0 Å². The fraction of sp³-hybridized carbons (Fsp3) is 0.647. The highest BCUT2D eigenvalue weighted by atomic mass is 16.5. The predicted octanol–water partition coefficient (Wildman–Crippen LogP) is 3.04. The van der Waals surface area contributed by atoms with Crippen LogP contribution < -0.4 is 4.74 Å². The third kappa shape index (κ3) is 3.53. The molecule has 1 aromatic carbocycles. The molecule has 0 saturated heterocycles. The molecular weight excluding hydrogens is 250 g/mol. The summed E-state index contributed by atoms with van der Waals surface area (Å²) in [7, 11) is 5.12. The molecule has 0 heterocycles. The van der Waals surface area contributed by atoms with E-state index >= 15 is 0 Å². The molecule has 0 amide bonds. The van der Waals surface area contributed by atoms with Crippen molar-refractivity contribution in [1.82, 2.24) is 4.90 Å². The predicted molar refractivity (Wildman–Crippen MR) is 82.3 cm³/mol. The van der Waals surface area contributed by atoms with Gasteiger partial charge in [-0.2, -0.15) is 0 Å². The molecule has 112 valence electrons. The molecule has 1 N–H and O–H groups in total. The lowest BCUT2D eigenvalue weighted by molar-refractivity contribution is -0.0277. The first kappa shape index (κ1) is 10.6. The van der Waals surface area contributed by atoms with Crippen molar-refractivity contribution >= 4 is 0 Å². The first-order valence-corrected chi connectivity index (χ1v) is 7.24. The average molecular weight is 281 g/mol. The third-order valence-electron chi connectivity index (χ3n) is 4.09. The number of ether oxygens (including phenoxy) is 1. The molecule has 0 aliphatic heterocycles. The second-order valence-electron chi connectivity index (χ2n) is 5.93. The van der Waals surface area contributed by atoms with Gasteiger partial charge in [0.05, 0.1) is 18.2 Å². The topological polar surface area (TPSA) is 32.7 Å². The maximum atomic E-state index is 11.2. The summed E-state index contributed by atoms with van der Waals surface area (Å²) in [4.78, 5) is 1.92. The number of aliphatic hydroxyl groups is 1. The van der Waals surface area contributed by atoms with Crippen molar-refractivity contribution in [2.24, 2.45) is 0 Å². The summed E-state index contributed by atoms with van der Waals surface area (Å²) in [6, 6.07) is -0.592. The zero-order chi connectivity index (χ0) is 18.1. The van der Waals surface area contributed by atoms with E-state index in [0.29, 0.717) is 24.9 Å². The van der Waals surface area contributed by atoms with Crippen molar-refractivity contribution in [1.29, 1.82) is 0 Å². The van der Waals surface area contributed by atoms with Crippen molar-refractivity contribution in [2.75, 3.05) is 27.7 Å². The van der Waals surface area contributed by atoms with E-state index in [1.165, 1.54) is 7.11 Å². The summed E-state index contributed by atoms with van der Waals surface area (Å²) in [5, 5.41) is 11.2. The molecule has 1 aliphatic carbocycles. The molecule has 0 radical (unpaired) electrons. The third-order valence-corrected chi connectivity index (χ3v) is 4.09. The maximum absolute atomic E-state index is 11.2. The van der Waals surface area contributed by atoms with Crippen LogP contribution in [0, 0.1) is 0 Å². The van der Waals surface area contributed by atoms with Gasteiger partial charge in [0.1, 0.15) is 5.75 Å². The van der Waals surface area contributed by atoms with Gasteiger partial charge in [-0.3, -0.25) is 0 Å². The van der Waals surface area contributed by atoms with Gasteiger partial charge in [0.25, 0.3) is 0 Å². The van der Waals surface area contributed by atoms with Gasteiger partial charge >= 0.3 is 0 Å². The highest BCUT2D eigenvalue weighted by molar-refractivity contribution is 5.31. The van der Waals surface area contributed by atoms with Gasteiger partial charge in [-0.1, -0.05) is 31.3 Å². The zero-order valence-corrected chi connectivity index (χ0v) is 12.6. The Morgan fingerprint density at radius 2 is 1.85 bits per heavy atom. The molecule has 3 nitrogen and oxygen atoms in total. The van der Waals surface area contributed by atoms with Crippen molar-refractivity contribution < 1.29 is 15.3 Å². The van der Waals surface area contributed by atoms with E-state index in [2.05, 4.69) is 0 Å². The fourth-order valence-electron chi connectivity index (χ4n) is 2.99. The Hall–Kier alpha value is -1.06. The summed E-state index contributed by atoms with van der Waals surface area (Å²) in [5.74, 6) is -0.514. The minimum atomic E-state index is -0.998. The molecule has 1 fully saturated rings. The summed E-state index contributed by atoms with van der Waals surface area (Å²) in [6.45, 7) is 0.472. The monoisotopic (exact) mass is 281 g/mol. The summed E-state index contributed by atoms with van der Waals surface area (Å²) in [6.07, 6.45) is 4.15. The minimum absolute atomic E-state index is 0.0482. The van der Waals surface area contributed by atoms with Crippen LogP contribution >= 0.6 is 0 Å². The lowest BCUT2D eigenvalue weighted by atomic mass is 9.72. The van der Waals surface area contributed by atoms with Crippen molar-refractivity contribution in [3.63, 3.8) is 0 Å². The van der Waals surface area contributed by atoms with Crippen LogP contribution in [0.2, 0.25) is 0 Å². The molecule has 1 atom stereocenters. The second-order valence-corrected chi connectivity index (χ2v) is 5.93. The van der Waals surface area contributed by atoms with Gasteiger partial charge in [0, 0.05) is 12.5 Å². The molecule has 3 heteroatoms. The number of methoxy groups -OCH3 is 1. The maximum Gasteiger partial charge on any atom is 0.118 e. The second kappa shape index (κ2) is 6.59. The van der Waals surface area contributed by atoms with Gasteiger partial charge in [0.15, 0.2) is 0 Å².